The Bertz CT molecular complexity index is 489. The van der Waals surface area contributed by atoms with Crippen LogP contribution in [0.2, 0.25) is 0 Å². The number of carbonyl (C=O) groups is 1. The molecule has 0 aliphatic carbocycles. The van der Waals surface area contributed by atoms with Crippen molar-refractivity contribution in [3.8, 4) is 11.5 Å². The third-order valence-electron chi connectivity index (χ3n) is 2.71. The van der Waals surface area contributed by atoms with Crippen molar-refractivity contribution in [2.24, 2.45) is 10.9 Å². The van der Waals surface area contributed by atoms with Crippen LogP contribution in [-0.2, 0) is 0 Å². The lowest BCUT2D eigenvalue weighted by molar-refractivity contribution is 0.0952. The van der Waals surface area contributed by atoms with Gasteiger partial charge in [0, 0.05) is 18.5 Å². The van der Waals surface area contributed by atoms with Crippen LogP contribution in [-0.4, -0.2) is 35.7 Å². The van der Waals surface area contributed by atoms with Gasteiger partial charge < -0.3 is 26.1 Å². The number of unbranched alkanes of at least 4 members (excludes halogenated alkanes) is 1. The molecule has 1 rings (SSSR count). The van der Waals surface area contributed by atoms with E-state index >= 15 is 0 Å². The van der Waals surface area contributed by atoms with Crippen LogP contribution in [0.25, 0.3) is 0 Å². The first kappa shape index (κ1) is 15.6. The molecule has 0 bridgehead atoms. The summed E-state index contributed by atoms with van der Waals surface area (Å²) in [6.45, 7) is 0.477. The summed E-state index contributed by atoms with van der Waals surface area (Å²) in [5.74, 6) is 0.149. The Labute approximate surface area is 117 Å². The van der Waals surface area contributed by atoms with E-state index in [-0.39, 0.29) is 17.5 Å². The summed E-state index contributed by atoms with van der Waals surface area (Å²) in [6.07, 6.45) is 1.91. The molecule has 7 heteroatoms. The Balaban J connectivity index is 2.38. The Kier molecular flexibility index (Phi) is 6.15. The van der Waals surface area contributed by atoms with E-state index in [0.29, 0.717) is 37.1 Å². The van der Waals surface area contributed by atoms with E-state index in [1.165, 1.54) is 19.2 Å². The third-order valence-corrected chi connectivity index (χ3v) is 2.71. The quantitative estimate of drug-likeness (QED) is 0.196. The molecule has 0 aliphatic heterocycles. The molecule has 7 nitrogen and oxygen atoms in total. The number of hydrogen-bond acceptors (Lipinski definition) is 5. The average molecular weight is 281 g/mol. The molecular weight excluding hydrogens is 262 g/mol. The van der Waals surface area contributed by atoms with Gasteiger partial charge in [0.1, 0.15) is 5.84 Å². The van der Waals surface area contributed by atoms with Gasteiger partial charge >= 0.3 is 0 Å². The smallest absolute Gasteiger partial charge is 0.251 e. The molecule has 0 fully saturated rings. The molecule has 0 unspecified atom stereocenters. The zero-order valence-electron chi connectivity index (χ0n) is 11.3. The van der Waals surface area contributed by atoms with Crippen LogP contribution < -0.4 is 15.8 Å². The minimum absolute atomic E-state index is 0.0768. The number of oxime groups is 1. The van der Waals surface area contributed by atoms with E-state index in [1.807, 2.05) is 0 Å². The van der Waals surface area contributed by atoms with Gasteiger partial charge in [-0.2, -0.15) is 0 Å². The lowest BCUT2D eigenvalue weighted by atomic mass is 10.2. The zero-order valence-corrected chi connectivity index (χ0v) is 11.3. The van der Waals surface area contributed by atoms with Crippen LogP contribution in [0.4, 0.5) is 0 Å². The number of aromatic hydroxyl groups is 1. The highest BCUT2D eigenvalue weighted by Crippen LogP contribution is 2.26. The molecule has 110 valence electrons. The minimum Gasteiger partial charge on any atom is -0.504 e. The number of rotatable bonds is 7. The summed E-state index contributed by atoms with van der Waals surface area (Å²) in [6, 6.07) is 4.46. The Hall–Kier alpha value is -2.44. The molecule has 1 amide bonds. The van der Waals surface area contributed by atoms with Gasteiger partial charge in [0.2, 0.25) is 0 Å². The molecule has 0 aromatic heterocycles. The van der Waals surface area contributed by atoms with Crippen LogP contribution in [0.5, 0.6) is 11.5 Å². The van der Waals surface area contributed by atoms with Crippen LogP contribution in [0.15, 0.2) is 23.4 Å². The number of nitrogens with zero attached hydrogens (tertiary/aromatic N) is 1. The van der Waals surface area contributed by atoms with E-state index in [1.54, 1.807) is 6.07 Å². The number of ether oxygens (including phenoxy) is 1. The highest BCUT2D eigenvalue weighted by Gasteiger charge is 2.08. The molecular formula is C13H19N3O4. The number of benzene rings is 1. The molecule has 0 heterocycles. The largest absolute Gasteiger partial charge is 0.504 e. The summed E-state index contributed by atoms with van der Waals surface area (Å²) in [7, 11) is 1.44. The van der Waals surface area contributed by atoms with Gasteiger partial charge in [-0.25, -0.2) is 0 Å². The Morgan fingerprint density at radius 3 is 2.80 bits per heavy atom. The summed E-state index contributed by atoms with van der Waals surface area (Å²) in [5.41, 5.74) is 5.68. The number of amides is 1. The van der Waals surface area contributed by atoms with Gasteiger partial charge in [-0.3, -0.25) is 4.79 Å². The summed E-state index contributed by atoms with van der Waals surface area (Å²) >= 11 is 0. The fraction of sp³-hybridized carbons (Fsp3) is 0.385. The van der Waals surface area contributed by atoms with Crippen molar-refractivity contribution >= 4 is 11.7 Å². The van der Waals surface area contributed by atoms with Crippen molar-refractivity contribution in [3.63, 3.8) is 0 Å². The van der Waals surface area contributed by atoms with Crippen LogP contribution in [0.1, 0.15) is 29.6 Å². The van der Waals surface area contributed by atoms with E-state index in [0.717, 1.165) is 0 Å². The average Bonchev–Trinajstić information content (AvgIpc) is 2.46. The van der Waals surface area contributed by atoms with Gasteiger partial charge in [0.25, 0.3) is 5.91 Å². The van der Waals surface area contributed by atoms with E-state index in [9.17, 15) is 9.90 Å². The minimum atomic E-state index is -0.272. The van der Waals surface area contributed by atoms with Gasteiger partial charge in [-0.15, -0.1) is 0 Å². The van der Waals surface area contributed by atoms with Gasteiger partial charge in [0.15, 0.2) is 11.5 Å². The number of phenols is 1. The predicted octanol–water partition coefficient (Wildman–Crippen LogP) is 1.05. The molecule has 0 aliphatic rings. The second kappa shape index (κ2) is 7.88. The SMILES string of the molecule is COc1ccc(C(=O)NCCCCC(N)=NO)cc1O. The molecule has 1 aromatic carbocycles. The molecule has 0 atom stereocenters. The molecule has 0 radical (unpaired) electrons. The van der Waals surface area contributed by atoms with E-state index in [4.69, 9.17) is 15.7 Å². The number of carbonyl (C=O) groups excluding carboxylic acids is 1. The topological polar surface area (TPSA) is 117 Å². The van der Waals surface area contributed by atoms with Gasteiger partial charge in [-0.05, 0) is 31.0 Å². The highest BCUT2D eigenvalue weighted by molar-refractivity contribution is 5.94. The standard InChI is InChI=1S/C13H19N3O4/c1-20-11-6-5-9(8-10(11)17)13(18)15-7-3-2-4-12(14)16-19/h5-6,8,17,19H,2-4,7H2,1H3,(H2,14,16)(H,15,18). The van der Waals surface area contributed by atoms with Crippen LogP contribution in [0.3, 0.4) is 0 Å². The number of amidine groups is 1. The fourth-order valence-electron chi connectivity index (χ4n) is 1.62. The maximum absolute atomic E-state index is 11.8. The number of methoxy groups -OCH3 is 1. The van der Waals surface area contributed by atoms with Crippen molar-refractivity contribution in [1.82, 2.24) is 5.32 Å². The molecule has 0 saturated carbocycles. The highest BCUT2D eigenvalue weighted by atomic mass is 16.5. The first-order valence-corrected chi connectivity index (χ1v) is 6.20. The van der Waals surface area contributed by atoms with Gasteiger partial charge in [-0.1, -0.05) is 5.16 Å². The first-order chi connectivity index (χ1) is 9.58. The summed E-state index contributed by atoms with van der Waals surface area (Å²) < 4.78 is 4.90. The maximum atomic E-state index is 11.8. The van der Waals surface area contributed by atoms with Crippen molar-refractivity contribution in [1.29, 1.82) is 0 Å². The Morgan fingerprint density at radius 1 is 1.45 bits per heavy atom. The lowest BCUT2D eigenvalue weighted by Crippen LogP contribution is -2.24. The monoisotopic (exact) mass is 281 g/mol. The van der Waals surface area contributed by atoms with Crippen molar-refractivity contribution < 1.29 is 19.8 Å². The first-order valence-electron chi connectivity index (χ1n) is 6.20. The van der Waals surface area contributed by atoms with Crippen molar-refractivity contribution in [2.75, 3.05) is 13.7 Å². The third kappa shape index (κ3) is 4.68. The predicted molar refractivity (Wildman–Crippen MR) is 74.3 cm³/mol. The van der Waals surface area contributed by atoms with E-state index < -0.39 is 0 Å². The number of hydrogen-bond donors (Lipinski definition) is 4. The molecule has 0 saturated heterocycles. The molecule has 5 N–H and O–H groups in total. The summed E-state index contributed by atoms with van der Waals surface area (Å²) in [4.78, 5) is 11.8. The van der Waals surface area contributed by atoms with E-state index in [2.05, 4.69) is 10.5 Å². The molecule has 1 aromatic rings. The zero-order chi connectivity index (χ0) is 15.0. The summed E-state index contributed by atoms with van der Waals surface area (Å²) in [5, 5.41) is 23.5. The van der Waals surface area contributed by atoms with Gasteiger partial charge in [0.05, 0.1) is 7.11 Å². The number of nitrogens with one attached hydrogen (secondary N) is 1. The van der Waals surface area contributed by atoms with Crippen molar-refractivity contribution in [2.45, 2.75) is 19.3 Å². The second-order valence-electron chi connectivity index (χ2n) is 4.19. The Morgan fingerprint density at radius 2 is 2.20 bits per heavy atom. The van der Waals surface area contributed by atoms with Crippen LogP contribution >= 0.6 is 0 Å². The van der Waals surface area contributed by atoms with Crippen molar-refractivity contribution in [3.05, 3.63) is 23.8 Å². The second-order valence-corrected chi connectivity index (χ2v) is 4.19. The maximum Gasteiger partial charge on any atom is 0.251 e. The number of phenolic OH excluding ortho intramolecular Hbond substituents is 1. The normalized spacial score (nSPS) is 11.2. The molecule has 0 spiro atoms. The fourth-order valence-corrected chi connectivity index (χ4v) is 1.62. The van der Waals surface area contributed by atoms with Crippen LogP contribution in [0, 0.1) is 0 Å². The number of nitrogens with two attached hydrogens (primary N) is 1. The lowest BCUT2D eigenvalue weighted by Gasteiger charge is -2.07. The molecule has 20 heavy (non-hydrogen) atoms.